The number of amides is 4. The summed E-state index contributed by atoms with van der Waals surface area (Å²) in [7, 11) is 1.52. The predicted molar refractivity (Wildman–Crippen MR) is 69.4 cm³/mol. The van der Waals surface area contributed by atoms with E-state index in [1.165, 1.54) is 7.11 Å². The van der Waals surface area contributed by atoms with Gasteiger partial charge in [-0.05, 0) is 26.7 Å². The fourth-order valence-corrected chi connectivity index (χ4v) is 2.19. The highest BCUT2D eigenvalue weighted by atomic mass is 16.5. The van der Waals surface area contributed by atoms with E-state index in [9.17, 15) is 14.4 Å². The van der Waals surface area contributed by atoms with Gasteiger partial charge in [0.2, 0.25) is 11.8 Å². The second kappa shape index (κ2) is 5.28. The number of rotatable bonds is 5. The van der Waals surface area contributed by atoms with Crippen LogP contribution in [0.1, 0.15) is 40.5 Å². The molecule has 0 radical (unpaired) electrons. The molecule has 108 valence electrons. The van der Waals surface area contributed by atoms with Crippen LogP contribution >= 0.6 is 0 Å². The third-order valence-corrected chi connectivity index (χ3v) is 3.85. The largest absolute Gasteiger partial charge is 0.377 e. The van der Waals surface area contributed by atoms with Gasteiger partial charge in [-0.1, -0.05) is 13.8 Å². The quantitative estimate of drug-likeness (QED) is 0.764. The minimum atomic E-state index is -1.14. The molecule has 0 aromatic carbocycles. The van der Waals surface area contributed by atoms with E-state index < -0.39 is 28.9 Å². The molecule has 1 rings (SSSR count). The molecule has 0 saturated carbocycles. The van der Waals surface area contributed by atoms with E-state index in [2.05, 4.69) is 5.32 Å². The summed E-state index contributed by atoms with van der Waals surface area (Å²) in [4.78, 5) is 37.4. The number of hydrogen-bond donors (Lipinski definition) is 1. The molecule has 6 heteroatoms. The van der Waals surface area contributed by atoms with E-state index in [1.807, 2.05) is 0 Å². The van der Waals surface area contributed by atoms with Crippen LogP contribution in [0.15, 0.2) is 0 Å². The zero-order valence-electron chi connectivity index (χ0n) is 12.2. The van der Waals surface area contributed by atoms with Crippen LogP contribution in [0.25, 0.3) is 0 Å². The van der Waals surface area contributed by atoms with Crippen molar-refractivity contribution in [2.75, 3.05) is 13.7 Å². The number of hydrogen-bond acceptors (Lipinski definition) is 4. The van der Waals surface area contributed by atoms with Crippen molar-refractivity contribution in [3.05, 3.63) is 0 Å². The zero-order valence-corrected chi connectivity index (χ0v) is 12.2. The highest BCUT2D eigenvalue weighted by Gasteiger charge is 2.52. The Bertz CT molecular complexity index is 399. The maximum atomic E-state index is 12.5. The zero-order chi connectivity index (χ0) is 14.8. The summed E-state index contributed by atoms with van der Waals surface area (Å²) in [6.45, 7) is 7.23. The van der Waals surface area contributed by atoms with Crippen LogP contribution < -0.4 is 5.32 Å². The summed E-state index contributed by atoms with van der Waals surface area (Å²) in [5.74, 6) is -0.935. The van der Waals surface area contributed by atoms with Crippen LogP contribution in [0.3, 0.4) is 0 Å². The van der Waals surface area contributed by atoms with Gasteiger partial charge in [0, 0.05) is 7.11 Å². The molecule has 0 aromatic heterocycles. The Morgan fingerprint density at radius 2 is 1.74 bits per heavy atom. The third kappa shape index (κ3) is 2.63. The summed E-state index contributed by atoms with van der Waals surface area (Å²) < 4.78 is 5.24. The molecule has 1 N–H and O–H groups in total. The average molecular weight is 270 g/mol. The molecule has 0 spiro atoms. The van der Waals surface area contributed by atoms with E-state index in [0.29, 0.717) is 12.8 Å². The first kappa shape index (κ1) is 15.6. The average Bonchev–Trinajstić information content (AvgIpc) is 2.36. The molecule has 0 unspecified atom stereocenters. The topological polar surface area (TPSA) is 75.7 Å². The molecule has 6 nitrogen and oxygen atoms in total. The predicted octanol–water partition coefficient (Wildman–Crippen LogP) is 1.30. The van der Waals surface area contributed by atoms with E-state index in [-0.39, 0.29) is 6.54 Å². The normalized spacial score (nSPS) is 19.6. The fourth-order valence-electron chi connectivity index (χ4n) is 2.19. The molecule has 19 heavy (non-hydrogen) atoms. The van der Waals surface area contributed by atoms with Crippen molar-refractivity contribution >= 4 is 17.8 Å². The molecule has 4 amide bonds. The van der Waals surface area contributed by atoms with E-state index in [1.54, 1.807) is 27.7 Å². The minimum Gasteiger partial charge on any atom is -0.377 e. The first-order valence-electron chi connectivity index (χ1n) is 6.46. The number of ether oxygens (including phenoxy) is 1. The van der Waals surface area contributed by atoms with E-state index in [0.717, 1.165) is 4.90 Å². The van der Waals surface area contributed by atoms with Gasteiger partial charge in [0.15, 0.2) is 0 Å². The van der Waals surface area contributed by atoms with Crippen molar-refractivity contribution in [3.8, 4) is 0 Å². The second-order valence-electron chi connectivity index (χ2n) is 5.40. The molecule has 0 atom stereocenters. The Kier molecular flexibility index (Phi) is 4.35. The van der Waals surface area contributed by atoms with Crippen molar-refractivity contribution in [3.63, 3.8) is 0 Å². The van der Waals surface area contributed by atoms with Crippen LogP contribution in [0, 0.1) is 5.41 Å². The number of barbiturate groups is 1. The molecule has 1 aliphatic heterocycles. The fraction of sp³-hybridized carbons (Fsp3) is 0.769. The Morgan fingerprint density at radius 3 is 2.16 bits per heavy atom. The smallest absolute Gasteiger partial charge is 0.330 e. The lowest BCUT2D eigenvalue weighted by atomic mass is 9.78. The maximum Gasteiger partial charge on any atom is 0.330 e. The van der Waals surface area contributed by atoms with Gasteiger partial charge in [-0.2, -0.15) is 0 Å². The van der Waals surface area contributed by atoms with E-state index in [4.69, 9.17) is 4.74 Å². The SMILES string of the molecule is CCC1(CC)C(=O)NC(=O)N(CC(C)(C)OC)C1=O. The van der Waals surface area contributed by atoms with Crippen molar-refractivity contribution in [1.82, 2.24) is 10.2 Å². The van der Waals surface area contributed by atoms with Gasteiger partial charge in [0.05, 0.1) is 12.1 Å². The number of carbonyl (C=O) groups excluding carboxylic acids is 3. The standard InChI is InChI=1S/C13H22N2O4/c1-6-13(7-2)9(16)14-11(18)15(10(13)17)8-12(3,4)19-5/h6-8H2,1-5H3,(H,14,16,18). The van der Waals surface area contributed by atoms with Crippen LogP contribution in [-0.2, 0) is 14.3 Å². The summed E-state index contributed by atoms with van der Waals surface area (Å²) in [6, 6.07) is -0.669. The summed E-state index contributed by atoms with van der Waals surface area (Å²) in [6.07, 6.45) is 0.733. The second-order valence-corrected chi connectivity index (χ2v) is 5.40. The number of carbonyl (C=O) groups is 3. The minimum absolute atomic E-state index is 0.114. The van der Waals surface area contributed by atoms with Gasteiger partial charge >= 0.3 is 6.03 Å². The number of methoxy groups -OCH3 is 1. The Balaban J connectivity index is 3.09. The summed E-state index contributed by atoms with van der Waals surface area (Å²) >= 11 is 0. The van der Waals surface area contributed by atoms with E-state index >= 15 is 0 Å². The molecule has 1 aliphatic rings. The highest BCUT2D eigenvalue weighted by Crippen LogP contribution is 2.33. The number of nitrogens with one attached hydrogen (secondary N) is 1. The van der Waals surface area contributed by atoms with Crippen LogP contribution in [0.2, 0.25) is 0 Å². The molecular formula is C13H22N2O4. The van der Waals surface area contributed by atoms with Crippen molar-refractivity contribution in [1.29, 1.82) is 0 Å². The summed E-state index contributed by atoms with van der Waals surface area (Å²) in [5.41, 5.74) is -1.79. The number of nitrogens with zero attached hydrogens (tertiary/aromatic N) is 1. The highest BCUT2D eigenvalue weighted by molar-refractivity contribution is 6.19. The molecular weight excluding hydrogens is 248 g/mol. The Hall–Kier alpha value is -1.43. The first-order valence-corrected chi connectivity index (χ1v) is 6.46. The van der Waals surface area contributed by atoms with Gasteiger partial charge in [-0.3, -0.25) is 19.8 Å². The third-order valence-electron chi connectivity index (χ3n) is 3.85. The Morgan fingerprint density at radius 1 is 1.21 bits per heavy atom. The molecule has 1 fully saturated rings. The molecule has 0 aliphatic carbocycles. The summed E-state index contributed by atoms with van der Waals surface area (Å²) in [5, 5.41) is 2.27. The van der Waals surface area contributed by atoms with Gasteiger partial charge in [-0.25, -0.2) is 4.79 Å². The van der Waals surface area contributed by atoms with Gasteiger partial charge in [-0.15, -0.1) is 0 Å². The van der Waals surface area contributed by atoms with Crippen LogP contribution in [-0.4, -0.2) is 42.0 Å². The molecule has 0 aromatic rings. The first-order chi connectivity index (χ1) is 8.74. The molecule has 0 bridgehead atoms. The Labute approximate surface area is 113 Å². The van der Waals surface area contributed by atoms with Crippen molar-refractivity contribution in [2.24, 2.45) is 5.41 Å². The van der Waals surface area contributed by atoms with Gasteiger partial charge in [0.25, 0.3) is 0 Å². The lowest BCUT2D eigenvalue weighted by Gasteiger charge is -2.40. The maximum absolute atomic E-state index is 12.5. The monoisotopic (exact) mass is 270 g/mol. The van der Waals surface area contributed by atoms with Crippen molar-refractivity contribution in [2.45, 2.75) is 46.1 Å². The number of urea groups is 1. The van der Waals surface area contributed by atoms with Gasteiger partial charge in [0.1, 0.15) is 5.41 Å². The van der Waals surface area contributed by atoms with Crippen LogP contribution in [0.4, 0.5) is 4.79 Å². The lowest BCUT2D eigenvalue weighted by Crippen LogP contribution is -2.65. The molecule has 1 saturated heterocycles. The van der Waals surface area contributed by atoms with Gasteiger partial charge < -0.3 is 4.74 Å². The number of imide groups is 2. The van der Waals surface area contributed by atoms with Crippen molar-refractivity contribution < 1.29 is 19.1 Å². The lowest BCUT2D eigenvalue weighted by molar-refractivity contribution is -0.154. The molecule has 1 heterocycles. The van der Waals surface area contributed by atoms with Crippen LogP contribution in [0.5, 0.6) is 0 Å².